The summed E-state index contributed by atoms with van der Waals surface area (Å²) in [5, 5.41) is 0. The van der Waals surface area contributed by atoms with E-state index in [0.29, 0.717) is 31.2 Å². The van der Waals surface area contributed by atoms with Crippen molar-refractivity contribution in [2.24, 2.45) is 0 Å². The van der Waals surface area contributed by atoms with Crippen molar-refractivity contribution < 1.29 is 23.8 Å². The molecule has 0 aliphatic heterocycles. The molecule has 1 amide bonds. The second-order valence-corrected chi connectivity index (χ2v) is 6.76. The van der Waals surface area contributed by atoms with Gasteiger partial charge in [0.15, 0.2) is 6.61 Å². The van der Waals surface area contributed by atoms with E-state index < -0.39 is 0 Å². The zero-order chi connectivity index (χ0) is 20.2. The van der Waals surface area contributed by atoms with E-state index in [1.54, 1.807) is 31.1 Å². The van der Waals surface area contributed by atoms with Gasteiger partial charge in [0.1, 0.15) is 11.5 Å². The highest BCUT2D eigenvalue weighted by Crippen LogP contribution is 2.21. The normalized spacial score (nSPS) is 13.4. The number of amides is 1. The topological polar surface area (TPSA) is 65.1 Å². The summed E-state index contributed by atoms with van der Waals surface area (Å²) in [6.45, 7) is 2.98. The van der Waals surface area contributed by atoms with Crippen molar-refractivity contribution in [3.8, 4) is 11.5 Å². The number of esters is 1. The lowest BCUT2D eigenvalue weighted by Gasteiger charge is -2.24. The number of ether oxygens (including phenoxy) is 3. The average molecular weight is 389 g/mol. The number of hydrogen-bond acceptors (Lipinski definition) is 5. The molecule has 0 fully saturated rings. The standard InChI is InChI=1S/C22H31NO5/c1-3-27-22(25)13-15-23(14-12-18-8-5-4-6-9-18)21(24)17-28-20-11-7-10-19(16-20)26-2/h7-8,10-11,16H,3-6,9,12-15,17H2,1-2H3. The van der Waals surface area contributed by atoms with Gasteiger partial charge in [0.05, 0.1) is 20.1 Å². The smallest absolute Gasteiger partial charge is 0.307 e. The van der Waals surface area contributed by atoms with Crippen molar-refractivity contribution in [2.45, 2.75) is 45.4 Å². The SMILES string of the molecule is CCOC(=O)CCN(CCC1=CCCCC1)C(=O)COc1cccc(OC)c1. The average Bonchev–Trinajstić information content (AvgIpc) is 2.73. The van der Waals surface area contributed by atoms with Crippen LogP contribution in [0, 0.1) is 0 Å². The van der Waals surface area contributed by atoms with Gasteiger partial charge in [0.25, 0.3) is 5.91 Å². The summed E-state index contributed by atoms with van der Waals surface area (Å²) in [7, 11) is 1.58. The van der Waals surface area contributed by atoms with Crippen molar-refractivity contribution >= 4 is 11.9 Å². The molecule has 0 N–H and O–H groups in total. The molecule has 0 bridgehead atoms. The van der Waals surface area contributed by atoms with E-state index in [9.17, 15) is 9.59 Å². The highest BCUT2D eigenvalue weighted by molar-refractivity contribution is 5.78. The summed E-state index contributed by atoms with van der Waals surface area (Å²) in [6, 6.07) is 7.15. The van der Waals surface area contributed by atoms with Crippen LogP contribution in [0.3, 0.4) is 0 Å². The molecule has 0 saturated carbocycles. The predicted octanol–water partition coefficient (Wildman–Crippen LogP) is 3.75. The van der Waals surface area contributed by atoms with Gasteiger partial charge in [0, 0.05) is 19.2 Å². The minimum atomic E-state index is -0.286. The number of nitrogens with zero attached hydrogens (tertiary/aromatic N) is 1. The fraction of sp³-hybridized carbons (Fsp3) is 0.545. The highest BCUT2D eigenvalue weighted by Gasteiger charge is 2.17. The Bertz CT molecular complexity index is 671. The molecule has 154 valence electrons. The Hall–Kier alpha value is -2.50. The van der Waals surface area contributed by atoms with Gasteiger partial charge < -0.3 is 19.1 Å². The van der Waals surface area contributed by atoms with Crippen LogP contribution in [0.2, 0.25) is 0 Å². The van der Waals surface area contributed by atoms with Crippen LogP contribution in [0.5, 0.6) is 11.5 Å². The molecular formula is C22H31NO5. The lowest BCUT2D eigenvalue weighted by atomic mass is 9.97. The van der Waals surface area contributed by atoms with Crippen molar-refractivity contribution in [2.75, 3.05) is 33.4 Å². The molecule has 1 aromatic rings. The van der Waals surface area contributed by atoms with Crippen molar-refractivity contribution in [3.05, 3.63) is 35.9 Å². The second-order valence-electron chi connectivity index (χ2n) is 6.76. The summed E-state index contributed by atoms with van der Waals surface area (Å²) < 4.78 is 15.8. The van der Waals surface area contributed by atoms with Crippen LogP contribution in [0.4, 0.5) is 0 Å². The molecule has 2 rings (SSSR count). The molecule has 0 saturated heterocycles. The van der Waals surface area contributed by atoms with Crippen LogP contribution in [-0.2, 0) is 14.3 Å². The van der Waals surface area contributed by atoms with Gasteiger partial charge in [-0.25, -0.2) is 0 Å². The zero-order valence-corrected chi connectivity index (χ0v) is 16.9. The lowest BCUT2D eigenvalue weighted by molar-refractivity contribution is -0.144. The molecular weight excluding hydrogens is 358 g/mol. The molecule has 6 nitrogen and oxygen atoms in total. The Morgan fingerprint density at radius 3 is 2.68 bits per heavy atom. The van der Waals surface area contributed by atoms with E-state index in [0.717, 1.165) is 19.3 Å². The molecule has 6 heteroatoms. The summed E-state index contributed by atoms with van der Waals surface area (Å²) in [6.07, 6.45) is 7.98. The Balaban J connectivity index is 1.91. The van der Waals surface area contributed by atoms with Crippen LogP contribution < -0.4 is 9.47 Å². The molecule has 0 spiro atoms. The quantitative estimate of drug-likeness (QED) is 0.426. The minimum Gasteiger partial charge on any atom is -0.497 e. The van der Waals surface area contributed by atoms with Crippen LogP contribution >= 0.6 is 0 Å². The number of rotatable bonds is 11. The van der Waals surface area contributed by atoms with Crippen molar-refractivity contribution in [1.82, 2.24) is 4.90 Å². The summed E-state index contributed by atoms with van der Waals surface area (Å²) in [5.74, 6) is 0.829. The molecule has 0 unspecified atom stereocenters. The van der Waals surface area contributed by atoms with E-state index >= 15 is 0 Å². The van der Waals surface area contributed by atoms with Gasteiger partial charge in [0.2, 0.25) is 0 Å². The van der Waals surface area contributed by atoms with Crippen LogP contribution in [0.25, 0.3) is 0 Å². The van der Waals surface area contributed by atoms with E-state index in [4.69, 9.17) is 14.2 Å². The highest BCUT2D eigenvalue weighted by atomic mass is 16.5. The maximum atomic E-state index is 12.7. The second kappa shape index (κ2) is 12.1. The molecule has 0 aromatic heterocycles. The third kappa shape index (κ3) is 7.62. The van der Waals surface area contributed by atoms with Gasteiger partial charge in [-0.2, -0.15) is 0 Å². The molecule has 1 aliphatic rings. The Kier molecular flexibility index (Phi) is 9.39. The van der Waals surface area contributed by atoms with Crippen LogP contribution in [0.1, 0.15) is 45.4 Å². The summed E-state index contributed by atoms with van der Waals surface area (Å²) in [5.41, 5.74) is 1.40. The molecule has 0 atom stereocenters. The van der Waals surface area contributed by atoms with Gasteiger partial charge in [-0.15, -0.1) is 0 Å². The first kappa shape index (κ1) is 21.8. The maximum absolute atomic E-state index is 12.7. The minimum absolute atomic E-state index is 0.0744. The molecule has 1 aliphatic carbocycles. The van der Waals surface area contributed by atoms with E-state index in [1.165, 1.54) is 18.4 Å². The maximum Gasteiger partial charge on any atom is 0.307 e. The number of benzene rings is 1. The third-order valence-corrected chi connectivity index (χ3v) is 4.74. The number of carbonyl (C=O) groups excluding carboxylic acids is 2. The Labute approximate surface area is 167 Å². The first-order chi connectivity index (χ1) is 13.6. The number of allylic oxidation sites excluding steroid dienone is 1. The van der Waals surface area contributed by atoms with Crippen LogP contribution in [-0.4, -0.2) is 50.2 Å². The van der Waals surface area contributed by atoms with Crippen molar-refractivity contribution in [3.63, 3.8) is 0 Å². The van der Waals surface area contributed by atoms with Crippen molar-refractivity contribution in [1.29, 1.82) is 0 Å². The van der Waals surface area contributed by atoms with Crippen LogP contribution in [0.15, 0.2) is 35.9 Å². The zero-order valence-electron chi connectivity index (χ0n) is 16.9. The Morgan fingerprint density at radius 1 is 1.14 bits per heavy atom. The van der Waals surface area contributed by atoms with E-state index in [1.807, 2.05) is 12.1 Å². The fourth-order valence-electron chi connectivity index (χ4n) is 3.16. The number of methoxy groups -OCH3 is 1. The van der Waals surface area contributed by atoms with E-state index in [-0.39, 0.29) is 24.9 Å². The van der Waals surface area contributed by atoms with Gasteiger partial charge in [-0.05, 0) is 51.2 Å². The Morgan fingerprint density at radius 2 is 1.96 bits per heavy atom. The summed E-state index contributed by atoms with van der Waals surface area (Å²) >= 11 is 0. The largest absolute Gasteiger partial charge is 0.497 e. The molecule has 0 radical (unpaired) electrons. The predicted molar refractivity (Wildman–Crippen MR) is 107 cm³/mol. The first-order valence-corrected chi connectivity index (χ1v) is 10.0. The number of hydrogen-bond donors (Lipinski definition) is 0. The summed E-state index contributed by atoms with van der Waals surface area (Å²) in [4.78, 5) is 26.1. The van der Waals surface area contributed by atoms with E-state index in [2.05, 4.69) is 6.08 Å². The van der Waals surface area contributed by atoms with Gasteiger partial charge in [-0.1, -0.05) is 17.7 Å². The van der Waals surface area contributed by atoms with Gasteiger partial charge in [-0.3, -0.25) is 9.59 Å². The third-order valence-electron chi connectivity index (χ3n) is 4.74. The fourth-order valence-corrected chi connectivity index (χ4v) is 3.16. The molecule has 28 heavy (non-hydrogen) atoms. The number of carbonyl (C=O) groups is 2. The molecule has 1 aromatic carbocycles. The lowest BCUT2D eigenvalue weighted by Crippen LogP contribution is -2.37. The van der Waals surface area contributed by atoms with Gasteiger partial charge >= 0.3 is 5.97 Å². The monoisotopic (exact) mass is 389 g/mol. The molecule has 0 heterocycles. The first-order valence-electron chi connectivity index (χ1n) is 10.0.